The maximum atomic E-state index is 12.6. The van der Waals surface area contributed by atoms with E-state index in [2.05, 4.69) is 0 Å². The standard InChI is InChI=1S/C18H22N2O4/c1-12(13-5-3-2-4-6-13)20-11-15(9-16(20)21)17(22)19-8-7-14(10-19)18(23)24/h2-6,12,14-15H,7-11H2,1H3,(H,23,24)/t12-,14+,15+/m1/s1. The molecule has 0 bridgehead atoms. The quantitative estimate of drug-likeness (QED) is 0.908. The molecule has 1 aromatic carbocycles. The minimum absolute atomic E-state index is 0.0151. The number of carbonyl (C=O) groups is 3. The molecule has 2 fully saturated rings. The van der Waals surface area contributed by atoms with Crippen molar-refractivity contribution in [2.45, 2.75) is 25.8 Å². The third-order valence-electron chi connectivity index (χ3n) is 5.11. The molecule has 1 N–H and O–H groups in total. The summed E-state index contributed by atoms with van der Waals surface area (Å²) in [4.78, 5) is 39.4. The van der Waals surface area contributed by atoms with Crippen molar-refractivity contribution in [3.63, 3.8) is 0 Å². The molecule has 0 aromatic heterocycles. The zero-order chi connectivity index (χ0) is 17.3. The SMILES string of the molecule is C[C@H](c1ccccc1)N1C[C@@H](C(=O)N2CC[C@H](C(=O)O)C2)CC1=O. The molecule has 0 unspecified atom stereocenters. The molecule has 0 spiro atoms. The second-order valence-electron chi connectivity index (χ2n) is 6.64. The lowest BCUT2D eigenvalue weighted by Gasteiger charge is -2.26. The van der Waals surface area contributed by atoms with Crippen molar-refractivity contribution in [3.05, 3.63) is 35.9 Å². The molecule has 6 heteroatoms. The van der Waals surface area contributed by atoms with E-state index in [4.69, 9.17) is 5.11 Å². The second kappa shape index (κ2) is 6.63. The van der Waals surface area contributed by atoms with E-state index >= 15 is 0 Å². The highest BCUT2D eigenvalue weighted by Crippen LogP contribution is 2.30. The van der Waals surface area contributed by atoms with Gasteiger partial charge in [0.05, 0.1) is 17.9 Å². The van der Waals surface area contributed by atoms with Gasteiger partial charge in [-0.05, 0) is 18.9 Å². The van der Waals surface area contributed by atoms with Crippen LogP contribution in [0.2, 0.25) is 0 Å². The van der Waals surface area contributed by atoms with Gasteiger partial charge in [0.15, 0.2) is 0 Å². The first-order valence-corrected chi connectivity index (χ1v) is 8.33. The van der Waals surface area contributed by atoms with Crippen LogP contribution in [0.1, 0.15) is 31.4 Å². The van der Waals surface area contributed by atoms with Crippen molar-refractivity contribution in [2.24, 2.45) is 11.8 Å². The van der Waals surface area contributed by atoms with E-state index in [9.17, 15) is 14.4 Å². The number of carboxylic acid groups (broad SMARTS) is 1. The van der Waals surface area contributed by atoms with Crippen molar-refractivity contribution >= 4 is 17.8 Å². The van der Waals surface area contributed by atoms with E-state index in [1.807, 2.05) is 37.3 Å². The number of hydrogen-bond acceptors (Lipinski definition) is 3. The Morgan fingerprint density at radius 2 is 1.88 bits per heavy atom. The molecule has 2 amide bonds. The summed E-state index contributed by atoms with van der Waals surface area (Å²) in [6.45, 7) is 3.10. The van der Waals surface area contributed by atoms with Crippen molar-refractivity contribution in [3.8, 4) is 0 Å². The maximum Gasteiger partial charge on any atom is 0.308 e. The lowest BCUT2D eigenvalue weighted by molar-refractivity contribution is -0.141. The van der Waals surface area contributed by atoms with E-state index in [1.165, 1.54) is 0 Å². The number of carboxylic acids is 1. The van der Waals surface area contributed by atoms with Crippen LogP contribution in [0.4, 0.5) is 0 Å². The fourth-order valence-corrected chi connectivity index (χ4v) is 3.60. The fourth-order valence-electron chi connectivity index (χ4n) is 3.60. The number of rotatable bonds is 4. The van der Waals surface area contributed by atoms with Crippen LogP contribution in [-0.2, 0) is 14.4 Å². The number of benzene rings is 1. The van der Waals surface area contributed by atoms with Crippen LogP contribution in [0, 0.1) is 11.8 Å². The summed E-state index contributed by atoms with van der Waals surface area (Å²) in [6, 6.07) is 9.69. The third kappa shape index (κ3) is 3.13. The van der Waals surface area contributed by atoms with E-state index in [1.54, 1.807) is 9.80 Å². The molecule has 0 saturated carbocycles. The molecule has 1 aromatic rings. The number of aliphatic carboxylic acids is 1. The van der Waals surface area contributed by atoms with Crippen LogP contribution in [0.5, 0.6) is 0 Å². The van der Waals surface area contributed by atoms with Gasteiger partial charge in [-0.1, -0.05) is 30.3 Å². The van der Waals surface area contributed by atoms with Gasteiger partial charge in [-0.15, -0.1) is 0 Å². The van der Waals surface area contributed by atoms with Crippen LogP contribution in [0.15, 0.2) is 30.3 Å². The van der Waals surface area contributed by atoms with Crippen LogP contribution in [0.25, 0.3) is 0 Å². The summed E-state index contributed by atoms with van der Waals surface area (Å²) in [7, 11) is 0. The van der Waals surface area contributed by atoms with Gasteiger partial charge >= 0.3 is 5.97 Å². The minimum atomic E-state index is -0.855. The Balaban J connectivity index is 1.64. The molecule has 128 valence electrons. The maximum absolute atomic E-state index is 12.6. The Bertz CT molecular complexity index is 646. The van der Waals surface area contributed by atoms with Crippen LogP contribution < -0.4 is 0 Å². The van der Waals surface area contributed by atoms with E-state index in [-0.39, 0.29) is 36.7 Å². The van der Waals surface area contributed by atoms with Gasteiger partial charge in [-0.25, -0.2) is 0 Å². The predicted molar refractivity (Wildman–Crippen MR) is 87.0 cm³/mol. The normalized spacial score (nSPS) is 25.1. The van der Waals surface area contributed by atoms with Gasteiger partial charge in [-0.2, -0.15) is 0 Å². The molecule has 2 heterocycles. The highest BCUT2D eigenvalue weighted by atomic mass is 16.4. The average molecular weight is 330 g/mol. The van der Waals surface area contributed by atoms with Gasteiger partial charge in [-0.3, -0.25) is 14.4 Å². The molecule has 2 saturated heterocycles. The zero-order valence-corrected chi connectivity index (χ0v) is 13.7. The van der Waals surface area contributed by atoms with Gasteiger partial charge < -0.3 is 14.9 Å². The van der Waals surface area contributed by atoms with Gasteiger partial charge in [0.1, 0.15) is 0 Å². The fraction of sp³-hybridized carbons (Fsp3) is 0.500. The Hall–Kier alpha value is -2.37. The second-order valence-corrected chi connectivity index (χ2v) is 6.64. The van der Waals surface area contributed by atoms with Crippen LogP contribution in [-0.4, -0.2) is 52.3 Å². The Morgan fingerprint density at radius 1 is 1.17 bits per heavy atom. The Kier molecular flexibility index (Phi) is 4.55. The molecule has 24 heavy (non-hydrogen) atoms. The van der Waals surface area contributed by atoms with Gasteiger partial charge in [0.2, 0.25) is 11.8 Å². The monoisotopic (exact) mass is 330 g/mol. The smallest absolute Gasteiger partial charge is 0.308 e. The molecule has 0 aliphatic carbocycles. The lowest BCUT2D eigenvalue weighted by atomic mass is 10.1. The average Bonchev–Trinajstić information content (AvgIpc) is 3.21. The molecule has 2 aliphatic heterocycles. The van der Waals surface area contributed by atoms with Crippen molar-refractivity contribution in [1.82, 2.24) is 9.80 Å². The number of likely N-dealkylation sites (tertiary alicyclic amines) is 2. The molecule has 3 rings (SSSR count). The number of carbonyl (C=O) groups excluding carboxylic acids is 2. The van der Waals surface area contributed by atoms with Gasteiger partial charge in [0, 0.05) is 26.1 Å². The summed E-state index contributed by atoms with van der Waals surface area (Å²) >= 11 is 0. The number of nitrogens with zero attached hydrogens (tertiary/aromatic N) is 2. The van der Waals surface area contributed by atoms with E-state index in [0.29, 0.717) is 19.5 Å². The first kappa shape index (κ1) is 16.5. The first-order valence-electron chi connectivity index (χ1n) is 8.33. The topological polar surface area (TPSA) is 77.9 Å². The molecular formula is C18H22N2O4. The summed E-state index contributed by atoms with van der Waals surface area (Å²) in [5, 5.41) is 9.06. The van der Waals surface area contributed by atoms with Crippen LogP contribution >= 0.6 is 0 Å². The number of amides is 2. The summed E-state index contributed by atoms with van der Waals surface area (Å²) in [6.07, 6.45) is 0.704. The highest BCUT2D eigenvalue weighted by molar-refractivity contribution is 5.90. The molecule has 0 radical (unpaired) electrons. The van der Waals surface area contributed by atoms with Crippen LogP contribution in [0.3, 0.4) is 0 Å². The summed E-state index contributed by atoms with van der Waals surface area (Å²) in [5.41, 5.74) is 1.05. The van der Waals surface area contributed by atoms with Crippen molar-refractivity contribution in [1.29, 1.82) is 0 Å². The van der Waals surface area contributed by atoms with Crippen molar-refractivity contribution in [2.75, 3.05) is 19.6 Å². The Labute approximate surface area is 141 Å². The van der Waals surface area contributed by atoms with Crippen molar-refractivity contribution < 1.29 is 19.5 Å². The minimum Gasteiger partial charge on any atom is -0.481 e. The third-order valence-corrected chi connectivity index (χ3v) is 5.11. The summed E-state index contributed by atoms with van der Waals surface area (Å²) in [5.74, 6) is -1.80. The largest absolute Gasteiger partial charge is 0.481 e. The molecular weight excluding hydrogens is 308 g/mol. The molecule has 6 nitrogen and oxygen atoms in total. The highest BCUT2D eigenvalue weighted by Gasteiger charge is 2.41. The Morgan fingerprint density at radius 3 is 2.50 bits per heavy atom. The van der Waals surface area contributed by atoms with E-state index < -0.39 is 11.9 Å². The predicted octanol–water partition coefficient (Wildman–Crippen LogP) is 1.53. The first-order chi connectivity index (χ1) is 11.5. The zero-order valence-electron chi connectivity index (χ0n) is 13.7. The number of hydrogen-bond donors (Lipinski definition) is 1. The molecule has 2 aliphatic rings. The summed E-state index contributed by atoms with van der Waals surface area (Å²) < 4.78 is 0. The van der Waals surface area contributed by atoms with E-state index in [0.717, 1.165) is 5.56 Å². The lowest BCUT2D eigenvalue weighted by Crippen LogP contribution is -2.36. The molecule has 3 atom stereocenters. The van der Waals surface area contributed by atoms with Gasteiger partial charge in [0.25, 0.3) is 0 Å².